The molecule has 1 aromatic heterocycles. The van der Waals surface area contributed by atoms with Crippen molar-refractivity contribution < 1.29 is 47.6 Å². The molecule has 45 heavy (non-hydrogen) atoms. The predicted octanol–water partition coefficient (Wildman–Crippen LogP) is 3.80. The fourth-order valence-corrected chi connectivity index (χ4v) is 5.12. The largest absolute Gasteiger partial charge is 0.463 e. The number of para-hydroxylation sites is 1. The van der Waals surface area contributed by atoms with Crippen LogP contribution in [-0.4, -0.2) is 71.0 Å². The molecule has 1 aliphatic rings. The van der Waals surface area contributed by atoms with E-state index in [9.17, 15) is 19.2 Å². The Balaban J connectivity index is 1.80. The van der Waals surface area contributed by atoms with Crippen LogP contribution in [0.5, 0.6) is 5.88 Å². The number of carbonyl (C=O) groups is 4. The van der Waals surface area contributed by atoms with Gasteiger partial charge in [0, 0.05) is 45.4 Å². The van der Waals surface area contributed by atoms with Crippen LogP contribution < -0.4 is 4.74 Å². The molecule has 0 radical (unpaired) electrons. The second-order valence-corrected chi connectivity index (χ2v) is 10.6. The molecule has 4 rings (SSSR count). The molecule has 0 saturated carbocycles. The topological polar surface area (TPSA) is 141 Å². The molecule has 0 bridgehead atoms. The van der Waals surface area contributed by atoms with Crippen molar-refractivity contribution in [3.8, 4) is 11.6 Å². The fourth-order valence-electron chi connectivity index (χ4n) is 5.12. The summed E-state index contributed by atoms with van der Waals surface area (Å²) in [6.45, 7) is 8.34. The number of aryl methyl sites for hydroxylation is 1. The van der Waals surface area contributed by atoms with Crippen molar-refractivity contribution in [1.82, 2.24) is 9.78 Å². The molecule has 0 N–H and O–H groups in total. The summed E-state index contributed by atoms with van der Waals surface area (Å²) in [6, 6.07) is 17.7. The molecule has 240 valence electrons. The number of ether oxygens (including phenoxy) is 6. The van der Waals surface area contributed by atoms with Crippen molar-refractivity contribution >= 4 is 23.9 Å². The highest BCUT2D eigenvalue weighted by atomic mass is 16.7. The van der Waals surface area contributed by atoms with Gasteiger partial charge in [-0.05, 0) is 36.6 Å². The number of hydrogen-bond donors (Lipinski definition) is 0. The Morgan fingerprint density at radius 1 is 0.778 bits per heavy atom. The summed E-state index contributed by atoms with van der Waals surface area (Å²) >= 11 is 0. The van der Waals surface area contributed by atoms with Gasteiger partial charge in [-0.15, -0.1) is 5.10 Å². The van der Waals surface area contributed by atoms with Crippen LogP contribution in [0.3, 0.4) is 0 Å². The summed E-state index contributed by atoms with van der Waals surface area (Å²) in [7, 11) is 0. The lowest BCUT2D eigenvalue weighted by molar-refractivity contribution is -0.289. The van der Waals surface area contributed by atoms with E-state index in [1.54, 1.807) is 4.68 Å². The first-order chi connectivity index (χ1) is 21.5. The molecule has 1 saturated heterocycles. The van der Waals surface area contributed by atoms with Gasteiger partial charge in [-0.3, -0.25) is 19.2 Å². The van der Waals surface area contributed by atoms with Gasteiger partial charge in [0.25, 0.3) is 0 Å². The highest BCUT2D eigenvalue weighted by Gasteiger charge is 2.53. The van der Waals surface area contributed by atoms with E-state index in [-0.39, 0.29) is 12.5 Å². The Labute approximate surface area is 261 Å². The van der Waals surface area contributed by atoms with E-state index in [4.69, 9.17) is 33.5 Å². The summed E-state index contributed by atoms with van der Waals surface area (Å²) < 4.78 is 36.1. The third-order valence-corrected chi connectivity index (χ3v) is 7.19. The summed E-state index contributed by atoms with van der Waals surface area (Å²) in [5, 5.41) is 4.77. The third-order valence-electron chi connectivity index (χ3n) is 7.19. The monoisotopic (exact) mass is 622 g/mol. The van der Waals surface area contributed by atoms with Gasteiger partial charge in [-0.25, -0.2) is 4.68 Å². The van der Waals surface area contributed by atoms with Crippen molar-refractivity contribution in [3.05, 3.63) is 77.0 Å². The van der Waals surface area contributed by atoms with Gasteiger partial charge in [0.2, 0.25) is 18.3 Å². The lowest BCUT2D eigenvalue weighted by Gasteiger charge is -2.43. The minimum absolute atomic E-state index is 0.178. The Morgan fingerprint density at radius 2 is 1.36 bits per heavy atom. The molecule has 12 nitrogen and oxygen atoms in total. The zero-order valence-electron chi connectivity index (χ0n) is 26.2. The molecule has 1 fully saturated rings. The number of carbonyl (C=O) groups excluding carboxylic acids is 4. The molecule has 12 heteroatoms. The van der Waals surface area contributed by atoms with E-state index in [1.807, 2.05) is 49.4 Å². The van der Waals surface area contributed by atoms with Crippen LogP contribution in [0.4, 0.5) is 0 Å². The second-order valence-electron chi connectivity index (χ2n) is 10.6. The normalized spacial score (nSPS) is 21.0. The molecule has 0 unspecified atom stereocenters. The van der Waals surface area contributed by atoms with E-state index < -0.39 is 54.6 Å². The molecule has 1 aliphatic heterocycles. The molecule has 2 heterocycles. The number of esters is 4. The molecule has 3 aromatic rings. The number of aromatic nitrogens is 2. The van der Waals surface area contributed by atoms with Gasteiger partial charge in [0.05, 0.1) is 5.69 Å². The Kier molecular flexibility index (Phi) is 10.9. The Morgan fingerprint density at radius 3 is 1.93 bits per heavy atom. The van der Waals surface area contributed by atoms with Crippen LogP contribution in [0.1, 0.15) is 57.0 Å². The second kappa shape index (κ2) is 14.8. The molecule has 2 aromatic carbocycles. The van der Waals surface area contributed by atoms with E-state index in [1.165, 1.54) is 19.4 Å². The molecule has 0 spiro atoms. The lowest BCUT2D eigenvalue weighted by Crippen LogP contribution is -2.63. The first-order valence-corrected chi connectivity index (χ1v) is 14.7. The standard InChI is InChI=1S/C33H38N2O10/c1-7-24-13-15-25(16-14-24)17-27-19(2)35(26-11-9-8-10-12-26)34-32(27)45-33-31(43-23(6)39)30(42-22(5)38)29(41-21(4)37)28(44-33)18-40-20(3)36/h8-16,28-31,33H,7,17-18H2,1-6H3/t28-,29-,30+,31-,33+/m1/s1. The minimum Gasteiger partial charge on any atom is -0.463 e. The number of nitrogens with zero attached hydrogens (tertiary/aromatic N) is 2. The molecule has 0 amide bonds. The molecular formula is C33H38N2O10. The van der Waals surface area contributed by atoms with Crippen LogP contribution in [0.15, 0.2) is 54.6 Å². The third kappa shape index (κ3) is 8.48. The summed E-state index contributed by atoms with van der Waals surface area (Å²) in [4.78, 5) is 48.3. The molecular weight excluding hydrogens is 584 g/mol. The van der Waals surface area contributed by atoms with Crippen molar-refractivity contribution in [2.24, 2.45) is 0 Å². The van der Waals surface area contributed by atoms with Gasteiger partial charge in [0.1, 0.15) is 12.7 Å². The number of rotatable bonds is 11. The van der Waals surface area contributed by atoms with Crippen molar-refractivity contribution in [3.63, 3.8) is 0 Å². The molecule has 5 atom stereocenters. The van der Waals surface area contributed by atoms with Crippen LogP contribution in [-0.2, 0) is 55.7 Å². The smallest absolute Gasteiger partial charge is 0.303 e. The maximum Gasteiger partial charge on any atom is 0.303 e. The zero-order chi connectivity index (χ0) is 32.7. The maximum atomic E-state index is 12.3. The quantitative estimate of drug-likeness (QED) is 0.228. The first kappa shape index (κ1) is 33.2. The summed E-state index contributed by atoms with van der Waals surface area (Å²) in [5.41, 5.74) is 4.52. The maximum absolute atomic E-state index is 12.3. The SMILES string of the molecule is CCc1ccc(Cc2c(O[C@@H]3O[C@H](COC(C)=O)[C@@H](OC(C)=O)[C@H](OC(C)=O)[C@H]3OC(C)=O)nn(-c3ccccc3)c2C)cc1. The van der Waals surface area contributed by atoms with Gasteiger partial charge in [0.15, 0.2) is 12.2 Å². The van der Waals surface area contributed by atoms with E-state index in [0.717, 1.165) is 42.8 Å². The highest BCUT2D eigenvalue weighted by molar-refractivity contribution is 5.68. The predicted molar refractivity (Wildman–Crippen MR) is 160 cm³/mol. The van der Waals surface area contributed by atoms with Gasteiger partial charge in [-0.1, -0.05) is 49.4 Å². The van der Waals surface area contributed by atoms with Crippen LogP contribution in [0.2, 0.25) is 0 Å². The average Bonchev–Trinajstić information content (AvgIpc) is 3.29. The Bertz CT molecular complexity index is 1500. The van der Waals surface area contributed by atoms with Gasteiger partial charge in [-0.2, -0.15) is 0 Å². The van der Waals surface area contributed by atoms with Gasteiger partial charge >= 0.3 is 23.9 Å². The first-order valence-electron chi connectivity index (χ1n) is 14.7. The van der Waals surface area contributed by atoms with E-state index in [2.05, 4.69) is 19.1 Å². The van der Waals surface area contributed by atoms with Crippen molar-refractivity contribution in [1.29, 1.82) is 0 Å². The van der Waals surface area contributed by atoms with Crippen LogP contribution in [0, 0.1) is 6.92 Å². The number of benzene rings is 2. The highest BCUT2D eigenvalue weighted by Crippen LogP contribution is 2.34. The van der Waals surface area contributed by atoms with Crippen LogP contribution in [0.25, 0.3) is 5.69 Å². The lowest BCUT2D eigenvalue weighted by atomic mass is 9.98. The Hall–Kier alpha value is -4.71. The van der Waals surface area contributed by atoms with Crippen molar-refractivity contribution in [2.45, 2.75) is 85.1 Å². The fraction of sp³-hybridized carbons (Fsp3) is 0.424. The van der Waals surface area contributed by atoms with Crippen LogP contribution >= 0.6 is 0 Å². The number of hydrogen-bond acceptors (Lipinski definition) is 11. The zero-order valence-corrected chi connectivity index (χ0v) is 26.2. The molecule has 0 aliphatic carbocycles. The summed E-state index contributed by atoms with van der Waals surface area (Å²) in [5.74, 6) is -2.62. The minimum atomic E-state index is -1.41. The van der Waals surface area contributed by atoms with Gasteiger partial charge < -0.3 is 28.4 Å². The summed E-state index contributed by atoms with van der Waals surface area (Å²) in [6.07, 6.45) is -5.26. The van der Waals surface area contributed by atoms with Crippen molar-refractivity contribution in [2.75, 3.05) is 6.61 Å². The average molecular weight is 623 g/mol. The van der Waals surface area contributed by atoms with E-state index in [0.29, 0.717) is 6.42 Å². The van der Waals surface area contributed by atoms with E-state index >= 15 is 0 Å².